The van der Waals surface area contributed by atoms with Crippen LogP contribution in [0.25, 0.3) is 0 Å². The highest BCUT2D eigenvalue weighted by Crippen LogP contribution is 2.48. The molecular formula is C48H72FN3O11. The van der Waals surface area contributed by atoms with Gasteiger partial charge in [-0.1, -0.05) is 51.1 Å². The lowest BCUT2D eigenvalue weighted by Crippen LogP contribution is -2.60. The number of halogens is 1. The lowest BCUT2D eigenvalue weighted by Gasteiger charge is -2.49. The van der Waals surface area contributed by atoms with Crippen LogP contribution in [0, 0.1) is 23.6 Å². The molecule has 4 N–H and O–H groups in total. The number of aliphatic hydroxyl groups excluding tert-OH is 2. The van der Waals surface area contributed by atoms with Crippen molar-refractivity contribution in [2.75, 3.05) is 38.6 Å². The first-order valence-corrected chi connectivity index (χ1v) is 22.8. The number of hydrogen-bond acceptors (Lipinski definition) is 14. The molecule has 1 spiro atoms. The molecule has 352 valence electrons. The Balaban J connectivity index is 1.34. The minimum absolute atomic E-state index is 0.0690. The highest BCUT2D eigenvalue weighted by molar-refractivity contribution is 5.90. The summed E-state index contributed by atoms with van der Waals surface area (Å²) in [7, 11) is 3.83. The normalized spacial score (nSPS) is 38.1. The maximum atomic E-state index is 15.9. The van der Waals surface area contributed by atoms with Gasteiger partial charge >= 0.3 is 11.9 Å². The maximum Gasteiger partial charge on any atom is 0.338 e. The molecule has 4 saturated heterocycles. The van der Waals surface area contributed by atoms with Crippen molar-refractivity contribution in [3.05, 3.63) is 65.5 Å². The van der Waals surface area contributed by atoms with Crippen LogP contribution in [-0.2, 0) is 39.8 Å². The Morgan fingerprint density at radius 3 is 2.35 bits per heavy atom. The van der Waals surface area contributed by atoms with Gasteiger partial charge in [-0.05, 0) is 104 Å². The number of cyclic esters (lactones) is 1. The second kappa shape index (κ2) is 20.1. The van der Waals surface area contributed by atoms with E-state index in [0.717, 1.165) is 5.56 Å². The molecule has 6 rings (SSSR count). The predicted molar refractivity (Wildman–Crippen MR) is 234 cm³/mol. The number of anilines is 1. The Labute approximate surface area is 372 Å². The fourth-order valence-electron chi connectivity index (χ4n) is 10.3. The Morgan fingerprint density at radius 2 is 1.71 bits per heavy atom. The second-order valence-corrected chi connectivity index (χ2v) is 19.4. The van der Waals surface area contributed by atoms with Gasteiger partial charge in [-0.3, -0.25) is 4.79 Å². The molecule has 2 aromatic carbocycles. The van der Waals surface area contributed by atoms with Gasteiger partial charge in [0.1, 0.15) is 36.3 Å². The number of aliphatic hydroxyl groups is 3. The summed E-state index contributed by atoms with van der Waals surface area (Å²) >= 11 is 0. The summed E-state index contributed by atoms with van der Waals surface area (Å²) < 4.78 is 55.4. The molecule has 1 unspecified atom stereocenters. The molecule has 4 aliphatic rings. The fourth-order valence-corrected chi connectivity index (χ4v) is 10.3. The molecule has 0 amide bonds. The van der Waals surface area contributed by atoms with Gasteiger partial charge in [0.2, 0.25) is 0 Å². The van der Waals surface area contributed by atoms with E-state index in [-0.39, 0.29) is 49.5 Å². The zero-order chi connectivity index (χ0) is 46.0. The number of rotatable bonds is 8. The molecule has 14 nitrogen and oxygen atoms in total. The number of nitrogens with one attached hydrogen (secondary N) is 1. The third kappa shape index (κ3) is 10.9. The van der Waals surface area contributed by atoms with Crippen molar-refractivity contribution in [1.29, 1.82) is 0 Å². The smallest absolute Gasteiger partial charge is 0.338 e. The monoisotopic (exact) mass is 886 g/mol. The summed E-state index contributed by atoms with van der Waals surface area (Å²) in [5.41, 5.74) is -1.63. The van der Waals surface area contributed by atoms with Gasteiger partial charge in [0.25, 0.3) is 0 Å². The van der Waals surface area contributed by atoms with E-state index in [2.05, 4.69) is 12.2 Å². The van der Waals surface area contributed by atoms with Crippen molar-refractivity contribution in [1.82, 2.24) is 10.2 Å². The average Bonchev–Trinajstić information content (AvgIpc) is 3.32. The van der Waals surface area contributed by atoms with Gasteiger partial charge in [0.05, 0.1) is 41.1 Å². The first-order valence-electron chi connectivity index (χ1n) is 22.8. The topological polar surface area (TPSA) is 169 Å². The number of fused-ring (bicyclic) bond motifs is 3. The molecule has 14 atom stereocenters. The van der Waals surface area contributed by atoms with Crippen LogP contribution >= 0.6 is 0 Å². The van der Waals surface area contributed by atoms with Crippen LogP contribution in [0.3, 0.4) is 0 Å². The van der Waals surface area contributed by atoms with Gasteiger partial charge in [0.15, 0.2) is 12.1 Å². The lowest BCUT2D eigenvalue weighted by atomic mass is 9.78. The van der Waals surface area contributed by atoms with Crippen molar-refractivity contribution in [2.45, 2.75) is 166 Å². The molecular weight excluding hydrogens is 814 g/mol. The van der Waals surface area contributed by atoms with E-state index in [1.807, 2.05) is 75.0 Å². The predicted octanol–water partition coefficient (Wildman–Crippen LogP) is 5.19. The zero-order valence-electron chi connectivity index (χ0n) is 38.8. The average molecular weight is 886 g/mol. The van der Waals surface area contributed by atoms with Crippen LogP contribution in [0.2, 0.25) is 0 Å². The standard InChI is InChI=1S/C48H72FN3O11/c1-11-38-47(8,57)41(54)32(6)50-26-28(2)25-46(7)42(61-45-39(53)37(51(9)10)23-29(3)59-45)30(4)40(31(5)43(55)60-38)62-48(63-46)19-21-52(22-20-48)36-18-17-34(24-35(36)49)44(56)58-27-33-15-13-12-14-16-33/h12-18,24,28-32,37-42,45,50,53-54,57H,11,19-23,25-27H2,1-10H3/t28-,29-,30+,31-,32-,37?,38-,39-,40+,41-,42-,45+,46-,47-/m1/s1. The van der Waals surface area contributed by atoms with Gasteiger partial charge in [0, 0.05) is 43.9 Å². The van der Waals surface area contributed by atoms with E-state index < -0.39 is 89.4 Å². The highest BCUT2D eigenvalue weighted by atomic mass is 19.1. The molecule has 4 fully saturated rings. The quantitative estimate of drug-likeness (QED) is 0.256. The number of esters is 2. The molecule has 15 heteroatoms. The van der Waals surface area contributed by atoms with Gasteiger partial charge < -0.3 is 58.9 Å². The van der Waals surface area contributed by atoms with Crippen LogP contribution in [-0.4, -0.2) is 138 Å². The molecule has 0 aromatic heterocycles. The third-order valence-corrected chi connectivity index (χ3v) is 13.9. The molecule has 4 heterocycles. The zero-order valence-corrected chi connectivity index (χ0v) is 38.8. The molecule has 0 saturated carbocycles. The largest absolute Gasteiger partial charge is 0.459 e. The summed E-state index contributed by atoms with van der Waals surface area (Å²) in [6, 6.07) is 12.8. The van der Waals surface area contributed by atoms with E-state index >= 15 is 4.39 Å². The Hall–Kier alpha value is -3.25. The lowest BCUT2D eigenvalue weighted by molar-refractivity contribution is -0.327. The summed E-state index contributed by atoms with van der Waals surface area (Å²) in [4.78, 5) is 31.1. The second-order valence-electron chi connectivity index (χ2n) is 19.4. The van der Waals surface area contributed by atoms with Gasteiger partial charge in [-0.15, -0.1) is 0 Å². The van der Waals surface area contributed by atoms with E-state index in [4.69, 9.17) is 28.4 Å². The minimum Gasteiger partial charge on any atom is -0.459 e. The van der Waals surface area contributed by atoms with Crippen LogP contribution in [0.4, 0.5) is 10.1 Å². The van der Waals surface area contributed by atoms with E-state index in [1.54, 1.807) is 32.9 Å². The summed E-state index contributed by atoms with van der Waals surface area (Å²) in [5.74, 6) is -4.62. The fraction of sp³-hybridized carbons (Fsp3) is 0.708. The Kier molecular flexibility index (Phi) is 15.7. The summed E-state index contributed by atoms with van der Waals surface area (Å²) in [6.45, 7) is 15.9. The SMILES string of the molecule is CC[C@H]1OC(=O)[C@H](C)[C@H]2OC3(CCN(c4ccc(C(=O)OCc5ccccc5)cc4F)CC3)O[C@](C)(C[C@@H](C)CN[C@H](C)[C@@H](O)[C@]1(C)O)[C@H](O[C@@H]1O[C@H](C)CC(N(C)C)[C@H]1O)[C@H]2C. The van der Waals surface area contributed by atoms with E-state index in [9.17, 15) is 24.9 Å². The van der Waals surface area contributed by atoms with Crippen molar-refractivity contribution in [3.63, 3.8) is 0 Å². The maximum absolute atomic E-state index is 15.9. The minimum atomic E-state index is -1.78. The number of piperidine rings is 1. The highest BCUT2D eigenvalue weighted by Gasteiger charge is 2.58. The number of ether oxygens (including phenoxy) is 6. The number of likely N-dealkylation sites (N-methyl/N-ethyl adjacent to an activating group) is 1. The van der Waals surface area contributed by atoms with Crippen molar-refractivity contribution >= 4 is 17.6 Å². The molecule has 4 aliphatic heterocycles. The third-order valence-electron chi connectivity index (χ3n) is 13.9. The van der Waals surface area contributed by atoms with Crippen molar-refractivity contribution < 1.29 is 57.7 Å². The first kappa shape index (κ1) is 49.2. The Morgan fingerprint density at radius 1 is 1.03 bits per heavy atom. The van der Waals surface area contributed by atoms with Crippen molar-refractivity contribution in [2.24, 2.45) is 17.8 Å². The summed E-state index contributed by atoms with van der Waals surface area (Å²) in [6.07, 6.45) is -4.34. The summed E-state index contributed by atoms with van der Waals surface area (Å²) in [5, 5.41) is 38.3. The molecule has 63 heavy (non-hydrogen) atoms. The molecule has 0 aliphatic carbocycles. The van der Waals surface area contributed by atoms with Gasteiger partial charge in [-0.25, -0.2) is 9.18 Å². The van der Waals surface area contributed by atoms with E-state index in [0.29, 0.717) is 38.2 Å². The van der Waals surface area contributed by atoms with Crippen LogP contribution in [0.5, 0.6) is 0 Å². The Bertz CT molecular complexity index is 1850. The number of hydrogen-bond donors (Lipinski definition) is 4. The van der Waals surface area contributed by atoms with Crippen LogP contribution < -0.4 is 10.2 Å². The molecule has 0 radical (unpaired) electrons. The van der Waals surface area contributed by atoms with Crippen LogP contribution in [0.1, 0.15) is 103 Å². The number of benzene rings is 2. The molecule has 2 bridgehead atoms. The van der Waals surface area contributed by atoms with E-state index in [1.165, 1.54) is 13.0 Å². The van der Waals surface area contributed by atoms with Crippen LogP contribution in [0.15, 0.2) is 48.5 Å². The number of carbonyl (C=O) groups excluding carboxylic acids is 2. The van der Waals surface area contributed by atoms with Crippen molar-refractivity contribution in [3.8, 4) is 0 Å². The number of nitrogens with zero attached hydrogens (tertiary/aromatic N) is 2. The molecule has 2 aromatic rings. The van der Waals surface area contributed by atoms with Gasteiger partial charge in [-0.2, -0.15) is 0 Å². The number of carbonyl (C=O) groups is 2. The first-order chi connectivity index (χ1) is 29.7.